The Morgan fingerprint density at radius 3 is 2.30 bits per heavy atom. The van der Waals surface area contributed by atoms with Crippen molar-refractivity contribution in [1.82, 2.24) is 5.32 Å². The summed E-state index contributed by atoms with van der Waals surface area (Å²) in [5.41, 5.74) is -0.468. The molecule has 1 aliphatic carbocycles. The Morgan fingerprint density at radius 1 is 1.19 bits per heavy atom. The summed E-state index contributed by atoms with van der Waals surface area (Å²) in [7, 11) is -1.36. The molecule has 1 heterocycles. The van der Waals surface area contributed by atoms with Gasteiger partial charge in [-0.25, -0.2) is 0 Å². The molecule has 148 valence electrons. The van der Waals surface area contributed by atoms with E-state index in [-0.39, 0.29) is 10.9 Å². The van der Waals surface area contributed by atoms with Crippen molar-refractivity contribution in [2.24, 2.45) is 5.41 Å². The van der Waals surface area contributed by atoms with E-state index >= 15 is 0 Å². The number of hydrogen-bond acceptors (Lipinski definition) is 5. The molecule has 8 heteroatoms. The minimum Gasteiger partial charge on any atom is -0.481 e. The van der Waals surface area contributed by atoms with Gasteiger partial charge in [-0.2, -0.15) is 0 Å². The molecule has 0 aromatic heterocycles. The molecule has 1 aromatic carbocycles. The Kier molecular flexibility index (Phi) is 6.26. The largest absolute Gasteiger partial charge is 0.481 e. The number of carbonyl (C=O) groups is 1. The number of nitrogens with one attached hydrogen (secondary N) is 1. The van der Waals surface area contributed by atoms with Crippen LogP contribution in [0.4, 0.5) is 5.69 Å². The fourth-order valence-electron chi connectivity index (χ4n) is 4.44. The van der Waals surface area contributed by atoms with Gasteiger partial charge in [0.1, 0.15) is 0 Å². The monoisotopic (exact) mass is 394 g/mol. The minimum absolute atomic E-state index is 0.0434. The van der Waals surface area contributed by atoms with E-state index in [0.717, 1.165) is 45.2 Å². The molecular formula is C19H26N2O5S. The van der Waals surface area contributed by atoms with Crippen molar-refractivity contribution in [2.45, 2.75) is 55.4 Å². The molecule has 1 aliphatic heterocycles. The van der Waals surface area contributed by atoms with Crippen LogP contribution in [0.25, 0.3) is 0 Å². The van der Waals surface area contributed by atoms with Gasteiger partial charge in [-0.15, -0.1) is 0 Å². The van der Waals surface area contributed by atoms with Crippen LogP contribution in [0.3, 0.4) is 0 Å². The maximum Gasteiger partial charge on any atom is 0.311 e. The molecule has 7 nitrogen and oxygen atoms in total. The third-order valence-corrected chi connectivity index (χ3v) is 8.24. The summed E-state index contributed by atoms with van der Waals surface area (Å²) in [5.74, 6) is -0.896. The molecule has 1 saturated heterocycles. The lowest BCUT2D eigenvalue weighted by molar-refractivity contribution is -0.384. The van der Waals surface area contributed by atoms with Crippen molar-refractivity contribution in [3.63, 3.8) is 0 Å². The quantitative estimate of drug-likeness (QED) is 0.566. The van der Waals surface area contributed by atoms with Crippen molar-refractivity contribution in [3.8, 4) is 0 Å². The summed E-state index contributed by atoms with van der Waals surface area (Å²) in [6, 6.07) is 5.98. The first kappa shape index (κ1) is 19.9. The molecule has 3 rings (SSSR count). The SMILES string of the molecule is O=C(O)C1(C(c2ccc([N+](=O)[O-])cc2)S(=O)C2CCNCC2)CCCCC1. The highest BCUT2D eigenvalue weighted by molar-refractivity contribution is 7.86. The molecule has 0 amide bonds. The van der Waals surface area contributed by atoms with E-state index in [2.05, 4.69) is 5.32 Å². The number of non-ortho nitro benzene ring substituents is 1. The fourth-order valence-corrected chi connectivity index (χ4v) is 6.73. The van der Waals surface area contributed by atoms with Crippen LogP contribution in [-0.2, 0) is 15.6 Å². The molecule has 2 N–H and O–H groups in total. The second-order valence-corrected chi connectivity index (χ2v) is 9.32. The molecule has 1 saturated carbocycles. The van der Waals surface area contributed by atoms with E-state index in [0.29, 0.717) is 18.4 Å². The van der Waals surface area contributed by atoms with Gasteiger partial charge in [0.25, 0.3) is 5.69 Å². The predicted molar refractivity (Wildman–Crippen MR) is 103 cm³/mol. The van der Waals surface area contributed by atoms with Crippen LogP contribution < -0.4 is 5.32 Å². The van der Waals surface area contributed by atoms with Crippen LogP contribution in [0, 0.1) is 15.5 Å². The second kappa shape index (κ2) is 8.48. The summed E-state index contributed by atoms with van der Waals surface area (Å²) < 4.78 is 13.6. The topological polar surface area (TPSA) is 110 Å². The van der Waals surface area contributed by atoms with Crippen LogP contribution in [0.15, 0.2) is 24.3 Å². The number of aliphatic carboxylic acids is 1. The zero-order valence-electron chi connectivity index (χ0n) is 15.3. The van der Waals surface area contributed by atoms with Gasteiger partial charge in [0.2, 0.25) is 0 Å². The van der Waals surface area contributed by atoms with Gasteiger partial charge >= 0.3 is 5.97 Å². The van der Waals surface area contributed by atoms with E-state index in [1.807, 2.05) is 0 Å². The van der Waals surface area contributed by atoms with Crippen molar-refractivity contribution < 1.29 is 19.0 Å². The standard InChI is InChI=1S/C19H26N2O5S/c22-18(23)19(10-2-1-3-11-19)17(27(26)16-8-12-20-13-9-16)14-4-6-15(7-5-14)21(24)25/h4-7,16-17,20H,1-3,8-13H2,(H,22,23). The number of rotatable bonds is 6. The summed E-state index contributed by atoms with van der Waals surface area (Å²) in [6.07, 6.45) is 5.11. The van der Waals surface area contributed by atoms with Gasteiger partial charge < -0.3 is 10.4 Å². The molecule has 2 aliphatic rings. The fraction of sp³-hybridized carbons (Fsp3) is 0.632. The third-order valence-electron chi connectivity index (χ3n) is 5.93. The number of nitro groups is 1. The van der Waals surface area contributed by atoms with Crippen LogP contribution in [0.1, 0.15) is 55.8 Å². The summed E-state index contributed by atoms with van der Waals surface area (Å²) in [6.45, 7) is 1.56. The second-order valence-electron chi connectivity index (χ2n) is 7.53. The number of piperidine rings is 1. The maximum atomic E-state index is 13.6. The predicted octanol–water partition coefficient (Wildman–Crippen LogP) is 3.17. The van der Waals surface area contributed by atoms with Gasteiger partial charge in [0.15, 0.2) is 0 Å². The number of carboxylic acids is 1. The van der Waals surface area contributed by atoms with Crippen molar-refractivity contribution in [3.05, 3.63) is 39.9 Å². The van der Waals surface area contributed by atoms with Crippen LogP contribution in [0.5, 0.6) is 0 Å². The zero-order valence-corrected chi connectivity index (χ0v) is 16.1. The molecule has 0 spiro atoms. The van der Waals surface area contributed by atoms with Gasteiger partial charge in [-0.1, -0.05) is 31.4 Å². The molecule has 2 unspecified atom stereocenters. The molecule has 2 atom stereocenters. The molecular weight excluding hydrogens is 368 g/mol. The van der Waals surface area contributed by atoms with Gasteiger partial charge in [-0.3, -0.25) is 19.1 Å². The summed E-state index contributed by atoms with van der Waals surface area (Å²) in [4.78, 5) is 22.9. The lowest BCUT2D eigenvalue weighted by Gasteiger charge is -2.41. The number of benzene rings is 1. The van der Waals surface area contributed by atoms with E-state index in [1.54, 1.807) is 12.1 Å². The third kappa shape index (κ3) is 4.06. The lowest BCUT2D eigenvalue weighted by atomic mass is 9.70. The van der Waals surface area contributed by atoms with Crippen LogP contribution >= 0.6 is 0 Å². The number of carboxylic acid groups (broad SMARTS) is 1. The average molecular weight is 394 g/mol. The van der Waals surface area contributed by atoms with E-state index < -0.39 is 32.4 Å². The first-order valence-electron chi connectivity index (χ1n) is 9.53. The number of hydrogen-bond donors (Lipinski definition) is 2. The van der Waals surface area contributed by atoms with Gasteiger partial charge in [0.05, 0.1) is 15.6 Å². The molecule has 27 heavy (non-hydrogen) atoms. The van der Waals surface area contributed by atoms with E-state index in [4.69, 9.17) is 0 Å². The van der Waals surface area contributed by atoms with E-state index in [1.165, 1.54) is 12.1 Å². The first-order chi connectivity index (χ1) is 13.0. The molecule has 2 fully saturated rings. The number of nitrogens with zero attached hydrogens (tertiary/aromatic N) is 1. The molecule has 1 aromatic rings. The normalized spacial score (nSPS) is 22.7. The number of nitro benzene ring substituents is 1. The zero-order chi connectivity index (χ0) is 19.4. The van der Waals surface area contributed by atoms with Crippen LogP contribution in [-0.4, -0.2) is 38.5 Å². The Hall–Kier alpha value is -1.80. The minimum atomic E-state index is -1.36. The molecule has 0 radical (unpaired) electrons. The Bertz CT molecular complexity index is 709. The Balaban J connectivity index is 2.03. The maximum absolute atomic E-state index is 13.6. The van der Waals surface area contributed by atoms with Crippen molar-refractivity contribution in [2.75, 3.05) is 13.1 Å². The highest BCUT2D eigenvalue weighted by Gasteiger charge is 2.51. The summed E-state index contributed by atoms with van der Waals surface area (Å²) >= 11 is 0. The van der Waals surface area contributed by atoms with Crippen LogP contribution in [0.2, 0.25) is 0 Å². The first-order valence-corrected chi connectivity index (χ1v) is 10.8. The Labute approximate surface area is 161 Å². The highest BCUT2D eigenvalue weighted by atomic mass is 32.2. The lowest BCUT2D eigenvalue weighted by Crippen LogP contribution is -2.44. The van der Waals surface area contributed by atoms with Crippen molar-refractivity contribution >= 4 is 22.5 Å². The molecule has 0 bridgehead atoms. The summed E-state index contributed by atoms with van der Waals surface area (Å²) in [5, 5.41) is 23.7. The average Bonchev–Trinajstić information content (AvgIpc) is 2.69. The van der Waals surface area contributed by atoms with E-state index in [9.17, 15) is 24.2 Å². The van der Waals surface area contributed by atoms with Gasteiger partial charge in [-0.05, 0) is 44.3 Å². The smallest absolute Gasteiger partial charge is 0.311 e. The highest BCUT2D eigenvalue weighted by Crippen LogP contribution is 2.50. The van der Waals surface area contributed by atoms with Gasteiger partial charge in [0, 0.05) is 28.2 Å². The Morgan fingerprint density at radius 2 is 1.78 bits per heavy atom. The van der Waals surface area contributed by atoms with Crippen molar-refractivity contribution in [1.29, 1.82) is 0 Å².